The highest BCUT2D eigenvalue weighted by Crippen LogP contribution is 2.23. The smallest absolute Gasteiger partial charge is 0.244 e. The third-order valence-electron chi connectivity index (χ3n) is 3.24. The van der Waals surface area contributed by atoms with Gasteiger partial charge in [-0.1, -0.05) is 20.8 Å². The molecule has 6 heteroatoms. The van der Waals surface area contributed by atoms with E-state index in [4.69, 9.17) is 15.2 Å². The zero-order chi connectivity index (χ0) is 17.6. The average Bonchev–Trinajstić information content (AvgIpc) is 2.48. The van der Waals surface area contributed by atoms with Crippen LogP contribution in [0.2, 0.25) is 0 Å². The van der Waals surface area contributed by atoms with E-state index in [0.29, 0.717) is 11.5 Å². The topological polar surface area (TPSA) is 90.6 Å². The molecule has 6 nitrogen and oxygen atoms in total. The number of primary amides is 1. The van der Waals surface area contributed by atoms with Crippen molar-refractivity contribution in [2.24, 2.45) is 11.1 Å². The summed E-state index contributed by atoms with van der Waals surface area (Å²) in [4.78, 5) is 23.5. The fourth-order valence-electron chi connectivity index (χ4n) is 2.00. The van der Waals surface area contributed by atoms with Crippen LogP contribution in [0.3, 0.4) is 0 Å². The fraction of sp³-hybridized carbons (Fsp3) is 0.412. The average molecular weight is 320 g/mol. The van der Waals surface area contributed by atoms with Crippen LogP contribution in [0.1, 0.15) is 26.3 Å². The van der Waals surface area contributed by atoms with Crippen LogP contribution in [0.15, 0.2) is 24.3 Å². The summed E-state index contributed by atoms with van der Waals surface area (Å²) in [6.07, 6.45) is 2.96. The first-order valence-corrected chi connectivity index (χ1v) is 7.18. The standard InChI is InChI=1S/C17H24N2O4/c1-17(2,3)15(16(18)21)19-14(20)7-6-11-8-12(22-4)10-13(9-11)23-5/h6-10,15H,1-5H3,(H2,18,21)(H,19,20)/b7-6+/t15-/m0/s1. The van der Waals surface area contributed by atoms with Crippen molar-refractivity contribution in [3.8, 4) is 11.5 Å². The molecule has 1 atom stereocenters. The maximum absolute atomic E-state index is 12.0. The number of ether oxygens (including phenoxy) is 2. The zero-order valence-corrected chi connectivity index (χ0v) is 14.2. The van der Waals surface area contributed by atoms with Crippen molar-refractivity contribution in [2.75, 3.05) is 14.2 Å². The molecule has 2 amide bonds. The minimum atomic E-state index is -0.750. The van der Waals surface area contributed by atoms with Gasteiger partial charge in [0.15, 0.2) is 0 Å². The van der Waals surface area contributed by atoms with Gasteiger partial charge in [0.05, 0.1) is 14.2 Å². The van der Waals surface area contributed by atoms with E-state index in [1.807, 2.05) is 20.8 Å². The molecule has 1 aromatic carbocycles. The molecule has 0 heterocycles. The number of hydrogen-bond donors (Lipinski definition) is 2. The molecule has 0 aliphatic heterocycles. The minimum absolute atomic E-state index is 0.398. The molecule has 0 aliphatic rings. The molecule has 0 spiro atoms. The number of rotatable bonds is 6. The first-order valence-electron chi connectivity index (χ1n) is 7.18. The lowest BCUT2D eigenvalue weighted by Gasteiger charge is -2.28. The van der Waals surface area contributed by atoms with Crippen LogP contribution < -0.4 is 20.5 Å². The van der Waals surface area contributed by atoms with Crippen LogP contribution in [-0.4, -0.2) is 32.1 Å². The molecule has 126 valence electrons. The Kier molecular flexibility index (Phi) is 6.18. The van der Waals surface area contributed by atoms with Gasteiger partial charge in [-0.25, -0.2) is 0 Å². The molecule has 0 radical (unpaired) electrons. The van der Waals surface area contributed by atoms with Crippen molar-refractivity contribution < 1.29 is 19.1 Å². The lowest BCUT2D eigenvalue weighted by Crippen LogP contribution is -2.51. The largest absolute Gasteiger partial charge is 0.497 e. The molecule has 0 saturated carbocycles. The van der Waals surface area contributed by atoms with Crippen LogP contribution in [0.5, 0.6) is 11.5 Å². The molecule has 0 saturated heterocycles. The normalized spacial score (nSPS) is 12.7. The number of nitrogens with two attached hydrogens (primary N) is 1. The van der Waals surface area contributed by atoms with E-state index in [-0.39, 0.29) is 0 Å². The highest BCUT2D eigenvalue weighted by molar-refractivity contribution is 5.95. The van der Waals surface area contributed by atoms with Crippen LogP contribution in [0.4, 0.5) is 0 Å². The van der Waals surface area contributed by atoms with Gasteiger partial charge in [-0.2, -0.15) is 0 Å². The minimum Gasteiger partial charge on any atom is -0.497 e. The molecule has 1 rings (SSSR count). The maximum Gasteiger partial charge on any atom is 0.244 e. The second-order valence-corrected chi connectivity index (χ2v) is 6.19. The van der Waals surface area contributed by atoms with E-state index in [2.05, 4.69) is 5.32 Å². The monoisotopic (exact) mass is 320 g/mol. The Labute approximate surface area is 136 Å². The number of nitrogens with one attached hydrogen (secondary N) is 1. The van der Waals surface area contributed by atoms with Gasteiger partial charge in [0.1, 0.15) is 17.5 Å². The van der Waals surface area contributed by atoms with Crippen molar-refractivity contribution >= 4 is 17.9 Å². The number of hydrogen-bond acceptors (Lipinski definition) is 4. The Balaban J connectivity index is 2.88. The Morgan fingerprint density at radius 1 is 1.13 bits per heavy atom. The molecule has 23 heavy (non-hydrogen) atoms. The third kappa shape index (κ3) is 5.65. The second kappa shape index (κ2) is 7.67. The lowest BCUT2D eigenvalue weighted by molar-refractivity contribution is -0.127. The molecular weight excluding hydrogens is 296 g/mol. The number of amides is 2. The van der Waals surface area contributed by atoms with E-state index in [0.717, 1.165) is 5.56 Å². The molecule has 0 bridgehead atoms. The summed E-state index contributed by atoms with van der Waals surface area (Å²) in [5.41, 5.74) is 5.62. The highest BCUT2D eigenvalue weighted by atomic mass is 16.5. The number of methoxy groups -OCH3 is 2. The molecular formula is C17H24N2O4. The molecule has 0 fully saturated rings. The molecule has 0 unspecified atom stereocenters. The first kappa shape index (κ1) is 18.5. The fourth-order valence-corrected chi connectivity index (χ4v) is 2.00. The van der Waals surface area contributed by atoms with Crippen LogP contribution in [0.25, 0.3) is 6.08 Å². The number of carbonyl (C=O) groups is 2. The summed E-state index contributed by atoms with van der Waals surface area (Å²) in [6, 6.07) is 4.52. The van der Waals surface area contributed by atoms with Gasteiger partial charge in [0.25, 0.3) is 0 Å². The third-order valence-corrected chi connectivity index (χ3v) is 3.24. The van der Waals surface area contributed by atoms with Crippen molar-refractivity contribution in [1.82, 2.24) is 5.32 Å². The van der Waals surface area contributed by atoms with Crippen LogP contribution >= 0.6 is 0 Å². The number of benzene rings is 1. The molecule has 0 aromatic heterocycles. The summed E-state index contributed by atoms with van der Waals surface area (Å²) < 4.78 is 10.3. The predicted octanol–water partition coefficient (Wildman–Crippen LogP) is 1.73. The summed E-state index contributed by atoms with van der Waals surface area (Å²) >= 11 is 0. The molecule has 1 aromatic rings. The first-order chi connectivity index (χ1) is 10.7. The van der Waals surface area contributed by atoms with Gasteiger partial charge in [-0.3, -0.25) is 9.59 Å². The Morgan fingerprint density at radius 2 is 1.65 bits per heavy atom. The SMILES string of the molecule is COc1cc(/C=C/C(=O)N[C@@H](C(N)=O)C(C)(C)C)cc(OC)c1. The van der Waals surface area contributed by atoms with Crippen molar-refractivity contribution in [3.63, 3.8) is 0 Å². The Bertz CT molecular complexity index is 581. The van der Waals surface area contributed by atoms with Crippen LogP contribution in [0, 0.1) is 5.41 Å². The van der Waals surface area contributed by atoms with E-state index in [1.54, 1.807) is 38.5 Å². The van der Waals surface area contributed by atoms with Crippen LogP contribution in [-0.2, 0) is 9.59 Å². The molecule has 0 aliphatic carbocycles. The van der Waals surface area contributed by atoms with Crippen molar-refractivity contribution in [1.29, 1.82) is 0 Å². The summed E-state index contributed by atoms with van der Waals surface area (Å²) in [7, 11) is 3.10. The Hall–Kier alpha value is -2.50. The van der Waals surface area contributed by atoms with Crippen molar-refractivity contribution in [2.45, 2.75) is 26.8 Å². The van der Waals surface area contributed by atoms with E-state index >= 15 is 0 Å². The maximum atomic E-state index is 12.0. The van der Waals surface area contributed by atoms with Gasteiger partial charge in [-0.15, -0.1) is 0 Å². The van der Waals surface area contributed by atoms with Crippen molar-refractivity contribution in [3.05, 3.63) is 29.8 Å². The van der Waals surface area contributed by atoms with Gasteiger partial charge in [0.2, 0.25) is 11.8 Å². The zero-order valence-electron chi connectivity index (χ0n) is 14.2. The van der Waals surface area contributed by atoms with E-state index in [1.165, 1.54) is 6.08 Å². The van der Waals surface area contributed by atoms with E-state index < -0.39 is 23.3 Å². The quantitative estimate of drug-likeness (QED) is 0.781. The Morgan fingerprint density at radius 3 is 2.04 bits per heavy atom. The lowest BCUT2D eigenvalue weighted by atomic mass is 9.86. The molecule has 3 N–H and O–H groups in total. The summed E-state index contributed by atoms with van der Waals surface area (Å²) in [5.74, 6) is 0.274. The van der Waals surface area contributed by atoms with Gasteiger partial charge in [0, 0.05) is 12.1 Å². The predicted molar refractivity (Wildman–Crippen MR) is 89.2 cm³/mol. The van der Waals surface area contributed by atoms with E-state index in [9.17, 15) is 9.59 Å². The highest BCUT2D eigenvalue weighted by Gasteiger charge is 2.30. The van der Waals surface area contributed by atoms with Gasteiger partial charge >= 0.3 is 0 Å². The van der Waals surface area contributed by atoms with Gasteiger partial charge < -0.3 is 20.5 Å². The summed E-state index contributed by atoms with van der Waals surface area (Å²) in [6.45, 7) is 5.50. The second-order valence-electron chi connectivity index (χ2n) is 6.19. The summed E-state index contributed by atoms with van der Waals surface area (Å²) in [5, 5.41) is 2.62. The van der Waals surface area contributed by atoms with Gasteiger partial charge in [-0.05, 0) is 29.2 Å². The number of carbonyl (C=O) groups excluding carboxylic acids is 2.